The van der Waals surface area contributed by atoms with Gasteiger partial charge in [-0.25, -0.2) is 0 Å². The number of hydrogen-bond donors (Lipinski definition) is 5. The second-order valence-corrected chi connectivity index (χ2v) is 9.10. The van der Waals surface area contributed by atoms with E-state index in [9.17, 15) is 24.4 Å². The highest BCUT2D eigenvalue weighted by molar-refractivity contribution is 6.43. The van der Waals surface area contributed by atoms with E-state index in [1.807, 2.05) is 13.8 Å². The van der Waals surface area contributed by atoms with E-state index < -0.39 is 30.9 Å². The van der Waals surface area contributed by atoms with Crippen molar-refractivity contribution in [2.45, 2.75) is 90.5 Å². The zero-order valence-corrected chi connectivity index (χ0v) is 20.8. The highest BCUT2D eigenvalue weighted by Gasteiger charge is 2.30. The molecule has 0 aliphatic rings. The highest BCUT2D eigenvalue weighted by atomic mass is 16.4. The van der Waals surface area contributed by atoms with Gasteiger partial charge in [-0.2, -0.15) is 0 Å². The molecule has 0 fully saturated rings. The van der Waals surface area contributed by atoms with Crippen LogP contribution in [0.4, 0.5) is 0 Å². The first kappa shape index (κ1) is 29.6. The lowest BCUT2D eigenvalue weighted by Gasteiger charge is -2.24. The molecule has 0 saturated carbocycles. The Labute approximate surface area is 203 Å². The summed E-state index contributed by atoms with van der Waals surface area (Å²) in [5.74, 6) is -2.06. The number of carbonyl (C=O) groups excluding carboxylic acids is 3. The number of aromatic nitrogens is 1. The third kappa shape index (κ3) is 12.7. The Morgan fingerprint density at radius 2 is 1.71 bits per heavy atom. The zero-order valence-electron chi connectivity index (χ0n) is 20.8. The molecule has 5 N–H and O–H groups in total. The minimum absolute atomic E-state index is 0.114. The van der Waals surface area contributed by atoms with Gasteiger partial charge in [0.05, 0.1) is 11.5 Å². The molecule has 0 aliphatic heterocycles. The Morgan fingerprint density at radius 3 is 2.29 bits per heavy atom. The van der Waals surface area contributed by atoms with Gasteiger partial charge < -0.3 is 26.0 Å². The van der Waals surface area contributed by atoms with Gasteiger partial charge in [0.25, 0.3) is 5.91 Å². The molecular weight excluding hydrogens is 435 g/mol. The number of carbonyl (C=O) groups is 3. The summed E-state index contributed by atoms with van der Waals surface area (Å²) in [6, 6.07) is 2.17. The topological polar surface area (TPSA) is 141 Å². The number of nitrogens with one attached hydrogen (secondary N) is 3. The van der Waals surface area contributed by atoms with Crippen molar-refractivity contribution < 1.29 is 24.4 Å². The van der Waals surface area contributed by atoms with Gasteiger partial charge in [-0.3, -0.25) is 19.4 Å². The number of unbranched alkanes of at least 4 members (excludes halogenated alkanes) is 6. The summed E-state index contributed by atoms with van der Waals surface area (Å²) in [4.78, 5) is 41.7. The molecule has 0 aromatic carbocycles. The van der Waals surface area contributed by atoms with Crippen LogP contribution in [0, 0.1) is 5.92 Å². The van der Waals surface area contributed by atoms with Gasteiger partial charge in [-0.1, -0.05) is 59.3 Å². The van der Waals surface area contributed by atoms with E-state index >= 15 is 0 Å². The van der Waals surface area contributed by atoms with Crippen LogP contribution in [-0.4, -0.2) is 58.4 Å². The molecule has 2 atom stereocenters. The Hall–Kier alpha value is -2.46. The second-order valence-electron chi connectivity index (χ2n) is 9.10. The Kier molecular flexibility index (Phi) is 14.8. The summed E-state index contributed by atoms with van der Waals surface area (Å²) < 4.78 is 0. The normalized spacial score (nSPS) is 12.6. The van der Waals surface area contributed by atoms with Crippen LogP contribution in [-0.2, 0) is 9.59 Å². The average Bonchev–Trinajstić information content (AvgIpc) is 2.80. The lowest BCUT2D eigenvalue weighted by molar-refractivity contribution is -0.129. The molecule has 1 heterocycles. The predicted molar refractivity (Wildman–Crippen MR) is 133 cm³/mol. The molecule has 190 valence electrons. The molecule has 1 rings (SSSR count). The molecule has 0 radical (unpaired) electrons. The molecular formula is C24H41BN4O5. The molecule has 0 spiro atoms. The first-order valence-electron chi connectivity index (χ1n) is 12.4. The van der Waals surface area contributed by atoms with Gasteiger partial charge in [-0.15, -0.1) is 0 Å². The first-order valence-corrected chi connectivity index (χ1v) is 12.4. The van der Waals surface area contributed by atoms with E-state index in [1.54, 1.807) is 18.3 Å². The highest BCUT2D eigenvalue weighted by Crippen LogP contribution is 2.09. The maximum absolute atomic E-state index is 12.9. The fourth-order valence-electron chi connectivity index (χ4n) is 3.56. The van der Waals surface area contributed by atoms with Crippen LogP contribution in [0.15, 0.2) is 24.5 Å². The van der Waals surface area contributed by atoms with Crippen LogP contribution >= 0.6 is 0 Å². The largest absolute Gasteiger partial charge is 0.475 e. The van der Waals surface area contributed by atoms with E-state index in [4.69, 9.17) is 0 Å². The zero-order chi connectivity index (χ0) is 25.3. The van der Waals surface area contributed by atoms with Crippen molar-refractivity contribution >= 4 is 24.8 Å². The molecule has 0 unspecified atom stereocenters. The summed E-state index contributed by atoms with van der Waals surface area (Å²) in [5.41, 5.74) is 0.333. The van der Waals surface area contributed by atoms with Crippen LogP contribution in [0.25, 0.3) is 0 Å². The maximum Gasteiger partial charge on any atom is 0.475 e. The monoisotopic (exact) mass is 476 g/mol. The Bertz CT molecular complexity index is 733. The number of rotatable bonds is 17. The van der Waals surface area contributed by atoms with Crippen LogP contribution in [0.3, 0.4) is 0 Å². The van der Waals surface area contributed by atoms with Crippen molar-refractivity contribution in [3.8, 4) is 0 Å². The van der Waals surface area contributed by atoms with Crippen molar-refractivity contribution in [2.24, 2.45) is 5.92 Å². The van der Waals surface area contributed by atoms with Crippen LogP contribution in [0.1, 0.15) is 88.9 Å². The minimum Gasteiger partial charge on any atom is -0.426 e. The van der Waals surface area contributed by atoms with Crippen molar-refractivity contribution in [3.63, 3.8) is 0 Å². The van der Waals surface area contributed by atoms with E-state index in [1.165, 1.54) is 25.5 Å². The number of amides is 3. The van der Waals surface area contributed by atoms with E-state index in [0.29, 0.717) is 12.0 Å². The summed E-state index contributed by atoms with van der Waals surface area (Å²) in [7, 11) is -1.74. The van der Waals surface area contributed by atoms with Gasteiger partial charge in [0.2, 0.25) is 11.8 Å². The third-order valence-electron chi connectivity index (χ3n) is 5.46. The van der Waals surface area contributed by atoms with E-state index in [2.05, 4.69) is 27.9 Å². The van der Waals surface area contributed by atoms with Crippen LogP contribution in [0.5, 0.6) is 0 Å². The molecule has 0 bridgehead atoms. The first-order chi connectivity index (χ1) is 16.2. The van der Waals surface area contributed by atoms with E-state index in [0.717, 1.165) is 25.7 Å². The van der Waals surface area contributed by atoms with Crippen molar-refractivity contribution in [1.82, 2.24) is 20.9 Å². The SMILES string of the molecule is CCCCCCCCCC(=O)N[C@@H](CNC(=O)c1cccnc1)C(=O)N[C@@H](CC(C)C)B(O)O. The molecule has 3 amide bonds. The second kappa shape index (κ2) is 17.0. The lowest BCUT2D eigenvalue weighted by atomic mass is 9.75. The molecule has 0 aliphatic carbocycles. The molecule has 1 aromatic heterocycles. The summed E-state index contributed by atoms with van der Waals surface area (Å²) in [6.45, 7) is 5.83. The summed E-state index contributed by atoms with van der Waals surface area (Å²) in [6.07, 6.45) is 11.1. The van der Waals surface area contributed by atoms with Crippen LogP contribution in [0.2, 0.25) is 0 Å². The summed E-state index contributed by atoms with van der Waals surface area (Å²) in [5, 5.41) is 27.2. The minimum atomic E-state index is -1.74. The van der Waals surface area contributed by atoms with Crippen molar-refractivity contribution in [2.75, 3.05) is 6.54 Å². The predicted octanol–water partition coefficient (Wildman–Crippen LogP) is 1.98. The lowest BCUT2D eigenvalue weighted by Crippen LogP contribution is -2.57. The van der Waals surface area contributed by atoms with Crippen LogP contribution < -0.4 is 16.0 Å². The van der Waals surface area contributed by atoms with Crippen molar-refractivity contribution in [3.05, 3.63) is 30.1 Å². The molecule has 10 heteroatoms. The smallest absolute Gasteiger partial charge is 0.426 e. The van der Waals surface area contributed by atoms with Gasteiger partial charge in [0, 0.05) is 25.4 Å². The number of pyridine rings is 1. The Balaban J connectivity index is 2.69. The maximum atomic E-state index is 12.9. The Morgan fingerprint density at radius 1 is 1.03 bits per heavy atom. The fraction of sp³-hybridized carbons (Fsp3) is 0.667. The van der Waals surface area contributed by atoms with Gasteiger partial charge >= 0.3 is 7.12 Å². The van der Waals surface area contributed by atoms with Gasteiger partial charge in [0.1, 0.15) is 6.04 Å². The number of hydrogen-bond acceptors (Lipinski definition) is 6. The molecule has 0 saturated heterocycles. The average molecular weight is 476 g/mol. The molecule has 9 nitrogen and oxygen atoms in total. The quantitative estimate of drug-likeness (QED) is 0.172. The molecule has 1 aromatic rings. The summed E-state index contributed by atoms with van der Waals surface area (Å²) >= 11 is 0. The standard InChI is InChI=1S/C24H41BN4O5/c1-4-5-6-7-8-9-10-13-22(30)28-20(17-27-23(31)19-12-11-14-26-16-19)24(32)29-21(25(33)34)15-18(2)3/h11-12,14,16,18,20-21,33-34H,4-10,13,15,17H2,1-3H3,(H,27,31)(H,28,30)(H,29,32)/t20-,21-/m0/s1. The fourth-order valence-corrected chi connectivity index (χ4v) is 3.56. The number of nitrogens with zero attached hydrogens (tertiary/aromatic N) is 1. The van der Waals surface area contributed by atoms with E-state index in [-0.39, 0.29) is 24.8 Å². The van der Waals surface area contributed by atoms with Gasteiger partial charge in [0.15, 0.2) is 0 Å². The van der Waals surface area contributed by atoms with Gasteiger partial charge in [-0.05, 0) is 30.9 Å². The van der Waals surface area contributed by atoms with Crippen molar-refractivity contribution in [1.29, 1.82) is 0 Å². The molecule has 34 heavy (non-hydrogen) atoms. The third-order valence-corrected chi connectivity index (χ3v) is 5.46.